The summed E-state index contributed by atoms with van der Waals surface area (Å²) in [5.74, 6) is -0.872. The lowest BCUT2D eigenvalue weighted by atomic mass is 10.1. The maximum absolute atomic E-state index is 12.9. The maximum Gasteiger partial charge on any atom is 0.255 e. The SMILES string of the molecule is CCCC(C(=O)NC=O)N1Cc2c(NC(=O)CCCCNCCCN)cccc2C1=O. The molecule has 2 rings (SSSR count). The standard InChI is InChI=1S/C22H33N5O4/c1-2-7-19(21(30)25-15-28)27-14-17-16(22(27)31)8-5-9-18(17)26-20(29)10-3-4-12-24-13-6-11-23/h5,8-9,15,19,24H,2-4,6-7,10-14,23H2,1H3,(H,26,29)(H,25,28,30). The topological polar surface area (TPSA) is 134 Å². The Morgan fingerprint density at radius 3 is 2.71 bits per heavy atom. The molecule has 1 aliphatic heterocycles. The zero-order chi connectivity index (χ0) is 22.6. The van der Waals surface area contributed by atoms with Crippen molar-refractivity contribution in [2.45, 2.75) is 58.0 Å². The number of nitrogens with zero attached hydrogens (tertiary/aromatic N) is 1. The van der Waals surface area contributed by atoms with Crippen LogP contribution in [0.2, 0.25) is 0 Å². The highest BCUT2D eigenvalue weighted by Crippen LogP contribution is 2.31. The van der Waals surface area contributed by atoms with Crippen LogP contribution in [0.25, 0.3) is 0 Å². The summed E-state index contributed by atoms with van der Waals surface area (Å²) in [4.78, 5) is 49.8. The van der Waals surface area contributed by atoms with Crippen molar-refractivity contribution in [3.8, 4) is 0 Å². The van der Waals surface area contributed by atoms with Gasteiger partial charge in [0.15, 0.2) is 0 Å². The van der Waals surface area contributed by atoms with Crippen LogP contribution in [0.4, 0.5) is 5.69 Å². The van der Waals surface area contributed by atoms with Crippen molar-refractivity contribution in [1.82, 2.24) is 15.5 Å². The molecule has 9 nitrogen and oxygen atoms in total. The third-order valence-electron chi connectivity index (χ3n) is 5.28. The number of anilines is 1. The number of carbonyl (C=O) groups excluding carboxylic acids is 4. The fraction of sp³-hybridized carbons (Fsp3) is 0.545. The van der Waals surface area contributed by atoms with Crippen molar-refractivity contribution < 1.29 is 19.2 Å². The van der Waals surface area contributed by atoms with E-state index in [4.69, 9.17) is 5.73 Å². The highest BCUT2D eigenvalue weighted by molar-refractivity contribution is 6.04. The average molecular weight is 432 g/mol. The lowest BCUT2D eigenvalue weighted by Crippen LogP contribution is -2.46. The summed E-state index contributed by atoms with van der Waals surface area (Å²) in [7, 11) is 0. The summed E-state index contributed by atoms with van der Waals surface area (Å²) in [6.45, 7) is 4.52. The molecule has 0 spiro atoms. The molecule has 1 aromatic rings. The number of nitrogens with one attached hydrogen (secondary N) is 3. The van der Waals surface area contributed by atoms with Crippen LogP contribution >= 0.6 is 0 Å². The van der Waals surface area contributed by atoms with E-state index in [0.717, 1.165) is 32.4 Å². The number of rotatable bonds is 14. The lowest BCUT2D eigenvalue weighted by Gasteiger charge is -2.25. The van der Waals surface area contributed by atoms with E-state index in [-0.39, 0.29) is 18.4 Å². The van der Waals surface area contributed by atoms with Gasteiger partial charge in [0, 0.05) is 29.8 Å². The Morgan fingerprint density at radius 1 is 1.23 bits per heavy atom. The Labute approximate surface area is 183 Å². The molecule has 170 valence electrons. The van der Waals surface area contributed by atoms with Crippen LogP contribution < -0.4 is 21.7 Å². The van der Waals surface area contributed by atoms with Gasteiger partial charge in [-0.1, -0.05) is 19.4 Å². The third-order valence-corrected chi connectivity index (χ3v) is 5.28. The second kappa shape index (κ2) is 12.8. The molecule has 1 atom stereocenters. The van der Waals surface area contributed by atoms with E-state index >= 15 is 0 Å². The number of nitrogens with two attached hydrogens (primary N) is 1. The minimum absolute atomic E-state index is 0.106. The van der Waals surface area contributed by atoms with E-state index < -0.39 is 11.9 Å². The molecule has 1 aromatic carbocycles. The van der Waals surface area contributed by atoms with Gasteiger partial charge in [0.1, 0.15) is 6.04 Å². The normalized spacial score (nSPS) is 13.6. The summed E-state index contributed by atoms with van der Waals surface area (Å²) in [6, 6.07) is 4.45. The van der Waals surface area contributed by atoms with Crippen LogP contribution in [0.1, 0.15) is 61.4 Å². The fourth-order valence-electron chi connectivity index (χ4n) is 3.68. The largest absolute Gasteiger partial charge is 0.330 e. The minimum Gasteiger partial charge on any atom is -0.330 e. The number of imide groups is 1. The van der Waals surface area contributed by atoms with Gasteiger partial charge < -0.3 is 21.3 Å². The second-order valence-electron chi connectivity index (χ2n) is 7.59. The van der Waals surface area contributed by atoms with E-state index in [9.17, 15) is 19.2 Å². The molecule has 4 amide bonds. The van der Waals surface area contributed by atoms with Crippen molar-refractivity contribution in [2.24, 2.45) is 5.73 Å². The van der Waals surface area contributed by atoms with Gasteiger partial charge in [-0.15, -0.1) is 0 Å². The molecule has 0 bridgehead atoms. The van der Waals surface area contributed by atoms with Crippen molar-refractivity contribution in [3.63, 3.8) is 0 Å². The smallest absolute Gasteiger partial charge is 0.255 e. The number of carbonyl (C=O) groups is 4. The molecule has 0 saturated heterocycles. The Balaban J connectivity index is 1.97. The van der Waals surface area contributed by atoms with Crippen LogP contribution in [0.3, 0.4) is 0 Å². The summed E-state index contributed by atoms with van der Waals surface area (Å²) >= 11 is 0. The summed E-state index contributed by atoms with van der Waals surface area (Å²) in [5, 5.41) is 8.34. The van der Waals surface area contributed by atoms with E-state index in [2.05, 4.69) is 16.0 Å². The quantitative estimate of drug-likeness (QED) is 0.258. The summed E-state index contributed by atoms with van der Waals surface area (Å²) < 4.78 is 0. The average Bonchev–Trinajstić information content (AvgIpc) is 3.09. The number of fused-ring (bicyclic) bond motifs is 1. The monoisotopic (exact) mass is 431 g/mol. The van der Waals surface area contributed by atoms with Gasteiger partial charge >= 0.3 is 0 Å². The Bertz CT molecular complexity index is 783. The minimum atomic E-state index is -0.731. The number of amides is 4. The molecule has 9 heteroatoms. The maximum atomic E-state index is 12.9. The fourth-order valence-corrected chi connectivity index (χ4v) is 3.68. The molecule has 1 unspecified atom stereocenters. The highest BCUT2D eigenvalue weighted by atomic mass is 16.2. The van der Waals surface area contributed by atoms with Crippen LogP contribution in [-0.2, 0) is 20.9 Å². The first-order valence-electron chi connectivity index (χ1n) is 10.9. The Hall–Kier alpha value is -2.78. The number of unbranched alkanes of at least 4 members (excludes halogenated alkanes) is 1. The third kappa shape index (κ3) is 6.86. The predicted molar refractivity (Wildman–Crippen MR) is 118 cm³/mol. The first-order valence-corrected chi connectivity index (χ1v) is 10.9. The number of hydrogen-bond acceptors (Lipinski definition) is 6. The molecule has 1 aliphatic rings. The number of hydrogen-bond donors (Lipinski definition) is 4. The van der Waals surface area contributed by atoms with E-state index in [1.165, 1.54) is 4.90 Å². The molecular weight excluding hydrogens is 398 g/mol. The van der Waals surface area contributed by atoms with Crippen molar-refractivity contribution >= 4 is 29.8 Å². The molecule has 0 saturated carbocycles. The van der Waals surface area contributed by atoms with Gasteiger partial charge in [-0.2, -0.15) is 0 Å². The van der Waals surface area contributed by atoms with Crippen LogP contribution in [0, 0.1) is 0 Å². The van der Waals surface area contributed by atoms with Gasteiger partial charge in [0.05, 0.1) is 0 Å². The molecule has 31 heavy (non-hydrogen) atoms. The molecule has 0 fully saturated rings. The van der Waals surface area contributed by atoms with E-state index in [1.807, 2.05) is 6.92 Å². The van der Waals surface area contributed by atoms with Crippen molar-refractivity contribution in [3.05, 3.63) is 29.3 Å². The first kappa shape index (κ1) is 24.5. The molecule has 0 radical (unpaired) electrons. The first-order chi connectivity index (χ1) is 15.0. The van der Waals surface area contributed by atoms with E-state index in [0.29, 0.717) is 49.0 Å². The molecular formula is C22H33N5O4. The van der Waals surface area contributed by atoms with Gasteiger partial charge in [0.2, 0.25) is 18.2 Å². The summed E-state index contributed by atoms with van der Waals surface area (Å²) in [5.41, 5.74) is 7.21. The highest BCUT2D eigenvalue weighted by Gasteiger charge is 2.37. The molecule has 1 heterocycles. The van der Waals surface area contributed by atoms with Crippen LogP contribution in [0.5, 0.6) is 0 Å². The zero-order valence-electron chi connectivity index (χ0n) is 18.1. The predicted octanol–water partition coefficient (Wildman–Crippen LogP) is 1.13. The van der Waals surface area contributed by atoms with Crippen molar-refractivity contribution in [1.29, 1.82) is 0 Å². The molecule has 5 N–H and O–H groups in total. The zero-order valence-corrected chi connectivity index (χ0v) is 18.1. The Kier molecular flexibility index (Phi) is 10.1. The van der Waals surface area contributed by atoms with Crippen LogP contribution in [0.15, 0.2) is 18.2 Å². The number of benzene rings is 1. The van der Waals surface area contributed by atoms with Crippen molar-refractivity contribution in [2.75, 3.05) is 25.0 Å². The van der Waals surface area contributed by atoms with Gasteiger partial charge in [-0.25, -0.2) is 0 Å². The Morgan fingerprint density at radius 2 is 2.00 bits per heavy atom. The van der Waals surface area contributed by atoms with Gasteiger partial charge in [0.25, 0.3) is 5.91 Å². The molecule has 0 aliphatic carbocycles. The lowest BCUT2D eigenvalue weighted by molar-refractivity contribution is -0.129. The van der Waals surface area contributed by atoms with Crippen LogP contribution in [-0.4, -0.2) is 54.7 Å². The van der Waals surface area contributed by atoms with E-state index in [1.54, 1.807) is 18.2 Å². The van der Waals surface area contributed by atoms with Gasteiger partial charge in [-0.05, 0) is 57.5 Å². The second-order valence-corrected chi connectivity index (χ2v) is 7.59. The van der Waals surface area contributed by atoms with Gasteiger partial charge in [-0.3, -0.25) is 24.5 Å². The summed E-state index contributed by atoms with van der Waals surface area (Å²) in [6.07, 6.45) is 4.43. The molecule has 0 aromatic heterocycles.